The number of anilines is 1. The molecule has 1 aromatic carbocycles. The van der Waals surface area contributed by atoms with Crippen molar-refractivity contribution in [3.05, 3.63) is 29.0 Å². The van der Waals surface area contributed by atoms with Crippen LogP contribution >= 0.6 is 11.6 Å². The van der Waals surface area contributed by atoms with Gasteiger partial charge in [-0.15, -0.1) is 0 Å². The molecule has 26 heavy (non-hydrogen) atoms. The molecule has 0 spiro atoms. The Labute approximate surface area is 158 Å². The largest absolute Gasteiger partial charge is 0.352 e. The Hall–Kier alpha value is -1.87. The molecular weight excluding hydrogens is 385 g/mol. The lowest BCUT2D eigenvalue weighted by Crippen LogP contribution is -2.47. The summed E-state index contributed by atoms with van der Waals surface area (Å²) in [6.07, 6.45) is 0.871. The van der Waals surface area contributed by atoms with Gasteiger partial charge in [-0.1, -0.05) is 11.6 Å². The van der Waals surface area contributed by atoms with Gasteiger partial charge in [-0.05, 0) is 39.0 Å². The lowest BCUT2D eigenvalue weighted by atomic mass is 10.3. The summed E-state index contributed by atoms with van der Waals surface area (Å²) in [5.41, 5.74) is -0.284. The predicted molar refractivity (Wildman–Crippen MR) is 99.1 cm³/mol. The molecule has 146 valence electrons. The van der Waals surface area contributed by atoms with E-state index in [-0.39, 0.29) is 35.7 Å². The van der Waals surface area contributed by atoms with Gasteiger partial charge < -0.3 is 10.2 Å². The van der Waals surface area contributed by atoms with Crippen LogP contribution in [0, 0.1) is 5.82 Å². The summed E-state index contributed by atoms with van der Waals surface area (Å²) in [5.74, 6) is -1.85. The molecule has 0 bridgehead atoms. The SMILES string of the molecule is CCN(CC(=O)NC(C)C)C(=O)CN(c1ccc(Cl)cc1F)S(C)(=O)=O. The molecule has 0 aliphatic rings. The monoisotopic (exact) mass is 407 g/mol. The number of amides is 2. The van der Waals surface area contributed by atoms with Crippen molar-refractivity contribution in [1.82, 2.24) is 10.2 Å². The van der Waals surface area contributed by atoms with Crippen molar-refractivity contribution < 1.29 is 22.4 Å². The van der Waals surface area contributed by atoms with Gasteiger partial charge in [-0.3, -0.25) is 13.9 Å². The number of nitrogens with zero attached hydrogens (tertiary/aromatic N) is 2. The van der Waals surface area contributed by atoms with Gasteiger partial charge in [0.15, 0.2) is 0 Å². The van der Waals surface area contributed by atoms with E-state index < -0.39 is 28.3 Å². The van der Waals surface area contributed by atoms with E-state index in [1.165, 1.54) is 17.0 Å². The second-order valence-electron chi connectivity index (χ2n) is 6.00. The van der Waals surface area contributed by atoms with Crippen molar-refractivity contribution in [2.75, 3.05) is 30.2 Å². The summed E-state index contributed by atoms with van der Waals surface area (Å²) in [5, 5.41) is 2.76. The van der Waals surface area contributed by atoms with E-state index in [0.29, 0.717) is 4.31 Å². The fourth-order valence-electron chi connectivity index (χ4n) is 2.20. The zero-order valence-electron chi connectivity index (χ0n) is 15.1. The minimum Gasteiger partial charge on any atom is -0.352 e. The van der Waals surface area contributed by atoms with Gasteiger partial charge in [-0.25, -0.2) is 12.8 Å². The van der Waals surface area contributed by atoms with Gasteiger partial charge in [0, 0.05) is 17.6 Å². The first-order valence-electron chi connectivity index (χ1n) is 7.95. The highest BCUT2D eigenvalue weighted by Gasteiger charge is 2.26. The zero-order chi connectivity index (χ0) is 20.1. The summed E-state index contributed by atoms with van der Waals surface area (Å²) in [6, 6.07) is 3.39. The average molecular weight is 408 g/mol. The molecule has 0 fully saturated rings. The van der Waals surface area contributed by atoms with Crippen molar-refractivity contribution in [2.45, 2.75) is 26.8 Å². The smallest absolute Gasteiger partial charge is 0.243 e. The van der Waals surface area contributed by atoms with E-state index in [2.05, 4.69) is 5.32 Å². The van der Waals surface area contributed by atoms with Gasteiger partial charge in [0.2, 0.25) is 21.8 Å². The Kier molecular flexibility index (Phi) is 7.83. The van der Waals surface area contributed by atoms with Crippen LogP contribution in [0.4, 0.5) is 10.1 Å². The molecule has 2 amide bonds. The van der Waals surface area contributed by atoms with Gasteiger partial charge in [0.1, 0.15) is 12.4 Å². The molecule has 0 aromatic heterocycles. The molecule has 1 N–H and O–H groups in total. The van der Waals surface area contributed by atoms with Gasteiger partial charge >= 0.3 is 0 Å². The normalized spacial score (nSPS) is 11.3. The van der Waals surface area contributed by atoms with Gasteiger partial charge in [-0.2, -0.15) is 0 Å². The number of halogens is 2. The average Bonchev–Trinajstić information content (AvgIpc) is 2.49. The van der Waals surface area contributed by atoms with E-state index in [4.69, 9.17) is 11.6 Å². The number of hydrogen-bond acceptors (Lipinski definition) is 4. The second-order valence-corrected chi connectivity index (χ2v) is 8.34. The van der Waals surface area contributed by atoms with Crippen molar-refractivity contribution in [3.8, 4) is 0 Å². The third-order valence-corrected chi connectivity index (χ3v) is 4.74. The highest BCUT2D eigenvalue weighted by Crippen LogP contribution is 2.24. The third-order valence-electron chi connectivity index (χ3n) is 3.38. The molecule has 0 aliphatic heterocycles. The number of benzene rings is 1. The molecule has 0 unspecified atom stereocenters. The zero-order valence-corrected chi connectivity index (χ0v) is 16.7. The maximum atomic E-state index is 14.1. The molecule has 0 saturated heterocycles. The summed E-state index contributed by atoms with van der Waals surface area (Å²) in [7, 11) is -3.94. The molecule has 0 heterocycles. The van der Waals surface area contributed by atoms with E-state index in [0.717, 1.165) is 12.3 Å². The van der Waals surface area contributed by atoms with E-state index in [1.54, 1.807) is 20.8 Å². The minimum atomic E-state index is -3.94. The quantitative estimate of drug-likeness (QED) is 0.709. The van der Waals surface area contributed by atoms with E-state index in [9.17, 15) is 22.4 Å². The van der Waals surface area contributed by atoms with E-state index in [1.807, 2.05) is 0 Å². The fourth-order valence-corrected chi connectivity index (χ4v) is 3.21. The van der Waals surface area contributed by atoms with Crippen LogP contribution in [0.5, 0.6) is 0 Å². The fraction of sp³-hybridized carbons (Fsp3) is 0.500. The maximum absolute atomic E-state index is 14.1. The first kappa shape index (κ1) is 22.2. The molecule has 7 nitrogen and oxygen atoms in total. The Bertz CT molecular complexity index is 771. The Morgan fingerprint density at radius 1 is 1.27 bits per heavy atom. The number of hydrogen-bond donors (Lipinski definition) is 1. The lowest BCUT2D eigenvalue weighted by Gasteiger charge is -2.27. The molecule has 1 aromatic rings. The lowest BCUT2D eigenvalue weighted by molar-refractivity contribution is -0.134. The number of sulfonamides is 1. The topological polar surface area (TPSA) is 86.8 Å². The van der Waals surface area contributed by atoms with Crippen LogP contribution in [-0.2, 0) is 19.6 Å². The first-order chi connectivity index (χ1) is 12.0. The second kappa shape index (κ2) is 9.18. The van der Waals surface area contributed by atoms with Gasteiger partial charge in [0.25, 0.3) is 0 Å². The highest BCUT2D eigenvalue weighted by molar-refractivity contribution is 7.92. The Morgan fingerprint density at radius 2 is 1.88 bits per heavy atom. The van der Waals surface area contributed by atoms with Crippen molar-refractivity contribution >= 4 is 39.1 Å². The number of rotatable bonds is 8. The van der Waals surface area contributed by atoms with E-state index >= 15 is 0 Å². The summed E-state index contributed by atoms with van der Waals surface area (Å²) < 4.78 is 38.9. The number of carbonyl (C=O) groups excluding carboxylic acids is 2. The predicted octanol–water partition coefficient (Wildman–Crippen LogP) is 1.62. The van der Waals surface area contributed by atoms with Crippen LogP contribution in [0.1, 0.15) is 20.8 Å². The summed E-state index contributed by atoms with van der Waals surface area (Å²) >= 11 is 5.69. The standard InChI is InChI=1S/C16H23ClFN3O4S/c1-5-20(9-15(22)19-11(2)3)16(23)10-21(26(4,24)25)14-7-6-12(17)8-13(14)18/h6-8,11H,5,9-10H2,1-4H3,(H,19,22). The molecule has 0 atom stereocenters. The molecule has 1 rings (SSSR count). The summed E-state index contributed by atoms with van der Waals surface area (Å²) in [4.78, 5) is 25.6. The number of likely N-dealkylation sites (N-methyl/N-ethyl adjacent to an activating group) is 1. The van der Waals surface area contributed by atoms with Crippen LogP contribution in [0.25, 0.3) is 0 Å². The van der Waals surface area contributed by atoms with Crippen LogP contribution in [-0.4, -0.2) is 57.1 Å². The number of carbonyl (C=O) groups is 2. The minimum absolute atomic E-state index is 0.0908. The molecule has 0 aliphatic carbocycles. The van der Waals surface area contributed by atoms with Crippen molar-refractivity contribution in [2.24, 2.45) is 0 Å². The van der Waals surface area contributed by atoms with Crippen LogP contribution in [0.15, 0.2) is 18.2 Å². The van der Waals surface area contributed by atoms with Crippen molar-refractivity contribution in [3.63, 3.8) is 0 Å². The van der Waals surface area contributed by atoms with Crippen molar-refractivity contribution in [1.29, 1.82) is 0 Å². The molecular formula is C16H23ClFN3O4S. The van der Waals surface area contributed by atoms with Gasteiger partial charge in [0.05, 0.1) is 18.5 Å². The Morgan fingerprint density at radius 3 is 2.35 bits per heavy atom. The number of nitrogens with one attached hydrogen (secondary N) is 1. The highest BCUT2D eigenvalue weighted by atomic mass is 35.5. The van der Waals surface area contributed by atoms with Crippen LogP contribution in [0.3, 0.4) is 0 Å². The molecule has 10 heteroatoms. The maximum Gasteiger partial charge on any atom is 0.243 e. The first-order valence-corrected chi connectivity index (χ1v) is 10.2. The summed E-state index contributed by atoms with van der Waals surface area (Å²) in [6.45, 7) is 4.59. The molecule has 0 saturated carbocycles. The Balaban J connectivity index is 3.03. The molecule has 0 radical (unpaired) electrons. The van der Waals surface area contributed by atoms with Crippen LogP contribution < -0.4 is 9.62 Å². The third kappa shape index (κ3) is 6.45. The van der Waals surface area contributed by atoms with Crippen LogP contribution in [0.2, 0.25) is 5.02 Å².